The van der Waals surface area contributed by atoms with Gasteiger partial charge in [-0.3, -0.25) is 9.69 Å². The maximum atomic E-state index is 11.5. The monoisotopic (exact) mass is 472 g/mol. The van der Waals surface area contributed by atoms with E-state index < -0.39 is 0 Å². The summed E-state index contributed by atoms with van der Waals surface area (Å²) in [6.07, 6.45) is 3.40. The highest BCUT2D eigenvalue weighted by Crippen LogP contribution is 2.35. The van der Waals surface area contributed by atoms with Crippen LogP contribution in [0.25, 0.3) is 0 Å². The molecule has 1 aromatic carbocycles. The number of nitrogens with one attached hydrogen (secondary N) is 1. The van der Waals surface area contributed by atoms with Crippen molar-refractivity contribution < 1.29 is 14.3 Å². The topological polar surface area (TPSA) is 66.9 Å². The van der Waals surface area contributed by atoms with Crippen LogP contribution in [0, 0.1) is 0 Å². The first kappa shape index (κ1) is 23.6. The smallest absolute Gasteiger partial charge is 0.225 e. The van der Waals surface area contributed by atoms with E-state index in [0.717, 1.165) is 69.0 Å². The van der Waals surface area contributed by atoms with Crippen molar-refractivity contribution in [3.63, 3.8) is 0 Å². The van der Waals surface area contributed by atoms with Crippen molar-refractivity contribution in [3.8, 4) is 11.6 Å². The van der Waals surface area contributed by atoms with Gasteiger partial charge in [-0.1, -0.05) is 17.7 Å². The number of hydrogen-bond donors (Lipinski definition) is 1. The van der Waals surface area contributed by atoms with Crippen molar-refractivity contribution in [2.45, 2.75) is 45.6 Å². The molecule has 0 bridgehead atoms. The molecule has 1 fully saturated rings. The van der Waals surface area contributed by atoms with Gasteiger partial charge in [0.1, 0.15) is 16.6 Å². The van der Waals surface area contributed by atoms with Gasteiger partial charge in [0.25, 0.3) is 0 Å². The van der Waals surface area contributed by atoms with E-state index in [4.69, 9.17) is 21.1 Å². The van der Waals surface area contributed by atoms with Gasteiger partial charge in [-0.2, -0.15) is 4.98 Å². The molecule has 2 aromatic rings. The van der Waals surface area contributed by atoms with Crippen molar-refractivity contribution in [2.24, 2.45) is 0 Å². The second-order valence-electron chi connectivity index (χ2n) is 8.85. The van der Waals surface area contributed by atoms with Crippen LogP contribution in [0.1, 0.15) is 38.7 Å². The first-order chi connectivity index (χ1) is 16.0. The summed E-state index contributed by atoms with van der Waals surface area (Å²) in [4.78, 5) is 20.8. The number of rotatable bonds is 9. The summed E-state index contributed by atoms with van der Waals surface area (Å²) < 4.78 is 11.6. The molecule has 0 atom stereocenters. The Morgan fingerprint density at radius 2 is 1.91 bits per heavy atom. The molecule has 2 aliphatic rings. The third-order valence-corrected chi connectivity index (χ3v) is 6.35. The number of carbonyl (C=O) groups is 1. The number of fused-ring (bicyclic) bond motifs is 1. The fourth-order valence-electron chi connectivity index (χ4n) is 4.22. The molecule has 33 heavy (non-hydrogen) atoms. The zero-order valence-corrected chi connectivity index (χ0v) is 20.2. The minimum atomic E-state index is 0.0196. The number of halogens is 1. The lowest BCUT2D eigenvalue weighted by Gasteiger charge is -2.36. The predicted molar refractivity (Wildman–Crippen MR) is 132 cm³/mol. The van der Waals surface area contributed by atoms with Crippen LogP contribution >= 0.6 is 11.6 Å². The van der Waals surface area contributed by atoms with E-state index in [1.807, 2.05) is 38.1 Å². The number of ether oxygens (including phenoxy) is 2. The van der Waals surface area contributed by atoms with Crippen LogP contribution in [0.4, 0.5) is 11.5 Å². The largest absolute Gasteiger partial charge is 0.489 e. The van der Waals surface area contributed by atoms with Crippen molar-refractivity contribution in [2.75, 3.05) is 49.5 Å². The van der Waals surface area contributed by atoms with Crippen LogP contribution in [0.5, 0.6) is 11.6 Å². The van der Waals surface area contributed by atoms with Gasteiger partial charge >= 0.3 is 0 Å². The SMILES string of the molecule is CC(C)Oc1cccc(N2CCN(CCCCOc3ccc4c(n3)NC(=O)CC4)CC2)c1Cl. The fourth-order valence-corrected chi connectivity index (χ4v) is 4.51. The van der Waals surface area contributed by atoms with Gasteiger partial charge in [-0.05, 0) is 63.4 Å². The van der Waals surface area contributed by atoms with Crippen molar-refractivity contribution >= 4 is 29.0 Å². The standard InChI is InChI=1S/C25H33ClN4O3/c1-18(2)33-21-7-5-6-20(24(21)26)30-15-13-29(14-16-30)12-3-4-17-32-23-11-9-19-8-10-22(31)27-25(19)28-23/h5-7,9,11,18H,3-4,8,10,12-17H2,1-2H3,(H,27,28,31). The second kappa shape index (κ2) is 11.1. The van der Waals surface area contributed by atoms with Crippen LogP contribution in [-0.4, -0.2) is 61.2 Å². The Labute approximate surface area is 201 Å². The lowest BCUT2D eigenvalue weighted by Crippen LogP contribution is -2.46. The van der Waals surface area contributed by atoms with E-state index in [0.29, 0.717) is 29.7 Å². The Morgan fingerprint density at radius 1 is 1.09 bits per heavy atom. The highest BCUT2D eigenvalue weighted by molar-refractivity contribution is 6.34. The molecule has 8 heteroatoms. The molecule has 0 spiro atoms. The zero-order chi connectivity index (χ0) is 23.2. The summed E-state index contributed by atoms with van der Waals surface area (Å²) in [6, 6.07) is 9.90. The number of benzene rings is 1. The molecule has 1 aromatic heterocycles. The molecule has 2 aliphatic heterocycles. The van der Waals surface area contributed by atoms with Gasteiger partial charge in [0, 0.05) is 38.7 Å². The Balaban J connectivity index is 1.17. The van der Waals surface area contributed by atoms with Crippen LogP contribution in [-0.2, 0) is 11.2 Å². The van der Waals surface area contributed by atoms with Gasteiger partial charge in [0.15, 0.2) is 0 Å². The lowest BCUT2D eigenvalue weighted by atomic mass is 10.1. The molecule has 0 unspecified atom stereocenters. The summed E-state index contributed by atoms with van der Waals surface area (Å²) in [5, 5.41) is 3.52. The molecule has 1 amide bonds. The van der Waals surface area contributed by atoms with E-state index in [2.05, 4.69) is 26.2 Å². The van der Waals surface area contributed by atoms with Crippen molar-refractivity contribution in [1.29, 1.82) is 0 Å². The van der Waals surface area contributed by atoms with Gasteiger partial charge in [-0.15, -0.1) is 0 Å². The molecule has 0 saturated carbocycles. The summed E-state index contributed by atoms with van der Waals surface area (Å²) >= 11 is 6.62. The third-order valence-electron chi connectivity index (χ3n) is 5.97. The molecule has 3 heterocycles. The minimum Gasteiger partial charge on any atom is -0.489 e. The number of anilines is 2. The molecule has 0 radical (unpaired) electrons. The first-order valence-corrected chi connectivity index (χ1v) is 12.2. The quantitative estimate of drug-likeness (QED) is 0.546. The average Bonchev–Trinajstić information content (AvgIpc) is 2.80. The van der Waals surface area contributed by atoms with Gasteiger partial charge < -0.3 is 19.7 Å². The Bertz CT molecular complexity index is 961. The van der Waals surface area contributed by atoms with Crippen molar-refractivity contribution in [1.82, 2.24) is 9.88 Å². The maximum Gasteiger partial charge on any atom is 0.225 e. The second-order valence-corrected chi connectivity index (χ2v) is 9.22. The van der Waals surface area contributed by atoms with E-state index in [1.165, 1.54) is 0 Å². The number of aromatic nitrogens is 1. The highest BCUT2D eigenvalue weighted by atomic mass is 35.5. The summed E-state index contributed by atoms with van der Waals surface area (Å²) in [6.45, 7) is 9.62. The fraction of sp³-hybridized carbons (Fsp3) is 0.520. The number of unbranched alkanes of at least 4 members (excludes halogenated alkanes) is 1. The number of carbonyl (C=O) groups excluding carboxylic acids is 1. The number of piperazine rings is 1. The average molecular weight is 473 g/mol. The Hall–Kier alpha value is -2.51. The first-order valence-electron chi connectivity index (χ1n) is 11.8. The summed E-state index contributed by atoms with van der Waals surface area (Å²) in [5.41, 5.74) is 2.12. The third kappa shape index (κ3) is 6.30. The molecule has 0 aliphatic carbocycles. The van der Waals surface area contributed by atoms with Gasteiger partial charge in [0.2, 0.25) is 11.8 Å². The number of pyridine rings is 1. The Morgan fingerprint density at radius 3 is 2.70 bits per heavy atom. The normalized spacial score (nSPS) is 16.5. The minimum absolute atomic E-state index is 0.0196. The maximum absolute atomic E-state index is 11.5. The Kier molecular flexibility index (Phi) is 7.93. The number of hydrogen-bond acceptors (Lipinski definition) is 6. The molecule has 178 valence electrons. The predicted octanol–water partition coefficient (Wildman–Crippen LogP) is 4.39. The van der Waals surface area contributed by atoms with E-state index in [9.17, 15) is 4.79 Å². The van der Waals surface area contributed by atoms with E-state index in [1.54, 1.807) is 0 Å². The van der Waals surface area contributed by atoms with Crippen LogP contribution in [0.3, 0.4) is 0 Å². The number of nitrogens with zero attached hydrogens (tertiary/aromatic N) is 3. The van der Waals surface area contributed by atoms with E-state index >= 15 is 0 Å². The van der Waals surface area contributed by atoms with Crippen molar-refractivity contribution in [3.05, 3.63) is 40.9 Å². The summed E-state index contributed by atoms with van der Waals surface area (Å²) in [5.74, 6) is 1.99. The molecule has 7 nitrogen and oxygen atoms in total. The van der Waals surface area contributed by atoms with Gasteiger partial charge in [0.05, 0.1) is 18.4 Å². The molecule has 1 N–H and O–H groups in total. The molecule has 4 rings (SSSR count). The lowest BCUT2D eigenvalue weighted by molar-refractivity contribution is -0.116. The van der Waals surface area contributed by atoms with Gasteiger partial charge in [-0.25, -0.2) is 0 Å². The molecule has 1 saturated heterocycles. The van der Waals surface area contributed by atoms with E-state index in [-0.39, 0.29) is 12.0 Å². The van der Waals surface area contributed by atoms with Crippen LogP contribution in [0.15, 0.2) is 30.3 Å². The highest BCUT2D eigenvalue weighted by Gasteiger charge is 2.20. The number of aryl methyl sites for hydroxylation is 1. The summed E-state index contributed by atoms with van der Waals surface area (Å²) in [7, 11) is 0. The number of amides is 1. The molecular formula is C25H33ClN4O3. The van der Waals surface area contributed by atoms with Crippen LogP contribution < -0.4 is 19.7 Å². The molecular weight excluding hydrogens is 440 g/mol. The zero-order valence-electron chi connectivity index (χ0n) is 19.5. The van der Waals surface area contributed by atoms with Crippen LogP contribution in [0.2, 0.25) is 5.02 Å².